The van der Waals surface area contributed by atoms with Crippen molar-refractivity contribution in [2.45, 2.75) is 6.54 Å². The number of rotatable bonds is 5. The third-order valence-electron chi connectivity index (χ3n) is 3.66. The summed E-state index contributed by atoms with van der Waals surface area (Å²) in [6, 6.07) is 9.68. The van der Waals surface area contributed by atoms with E-state index in [1.165, 1.54) is 42.6 Å². The number of amides is 1. The van der Waals surface area contributed by atoms with Crippen molar-refractivity contribution in [2.75, 3.05) is 19.4 Å². The fraction of sp³-hybridized carbons (Fsp3) is 0.158. The predicted octanol–water partition coefficient (Wildman–Crippen LogP) is 2.08. The van der Waals surface area contributed by atoms with E-state index in [9.17, 15) is 14.0 Å². The summed E-state index contributed by atoms with van der Waals surface area (Å²) in [6.07, 6.45) is 3.26. The second-order valence-corrected chi connectivity index (χ2v) is 6.22. The molecular weight excluding hydrogens is 349 g/mol. The zero-order valence-corrected chi connectivity index (χ0v) is 14.9. The van der Waals surface area contributed by atoms with E-state index in [0.717, 1.165) is 10.2 Å². The molecule has 2 aromatic heterocycles. The van der Waals surface area contributed by atoms with Crippen molar-refractivity contribution >= 4 is 11.6 Å². The standard InChI is InChI=1S/C19H18FN5O2/c1-24(2)12-13-9-15(11-21-10-13)22-19(27)17-7-8-18(26)25(23-17)16-5-3-14(20)4-6-16/h3-11H,12H2,1-2H3,(H,22,27). The van der Waals surface area contributed by atoms with Crippen LogP contribution in [0.25, 0.3) is 5.69 Å². The number of hydrogen-bond acceptors (Lipinski definition) is 5. The predicted molar refractivity (Wildman–Crippen MR) is 99.4 cm³/mol. The summed E-state index contributed by atoms with van der Waals surface area (Å²) in [5.74, 6) is -0.902. The molecule has 3 aromatic rings. The Bertz CT molecular complexity index is 1020. The molecule has 7 nitrogen and oxygen atoms in total. The lowest BCUT2D eigenvalue weighted by atomic mass is 10.2. The molecule has 0 bridgehead atoms. The molecule has 138 valence electrons. The number of aromatic nitrogens is 3. The monoisotopic (exact) mass is 367 g/mol. The Hall–Kier alpha value is -3.39. The maximum atomic E-state index is 13.1. The summed E-state index contributed by atoms with van der Waals surface area (Å²) in [7, 11) is 3.88. The van der Waals surface area contributed by atoms with Crippen molar-refractivity contribution in [1.82, 2.24) is 19.7 Å². The fourth-order valence-electron chi connectivity index (χ4n) is 2.50. The smallest absolute Gasteiger partial charge is 0.276 e. The van der Waals surface area contributed by atoms with Crippen LogP contribution >= 0.6 is 0 Å². The minimum Gasteiger partial charge on any atom is -0.319 e. The van der Waals surface area contributed by atoms with E-state index in [0.29, 0.717) is 17.9 Å². The van der Waals surface area contributed by atoms with Crippen LogP contribution in [0.5, 0.6) is 0 Å². The lowest BCUT2D eigenvalue weighted by Crippen LogP contribution is -2.25. The van der Waals surface area contributed by atoms with Crippen molar-refractivity contribution < 1.29 is 9.18 Å². The summed E-state index contributed by atoms with van der Waals surface area (Å²) in [5.41, 5.74) is 1.47. The summed E-state index contributed by atoms with van der Waals surface area (Å²) >= 11 is 0. The molecule has 2 heterocycles. The second-order valence-electron chi connectivity index (χ2n) is 6.22. The first-order chi connectivity index (χ1) is 12.9. The highest BCUT2D eigenvalue weighted by Crippen LogP contribution is 2.11. The Morgan fingerprint density at radius 1 is 1.15 bits per heavy atom. The molecule has 0 spiro atoms. The van der Waals surface area contributed by atoms with Crippen LogP contribution in [0, 0.1) is 5.82 Å². The van der Waals surface area contributed by atoms with Gasteiger partial charge in [-0.3, -0.25) is 14.6 Å². The highest BCUT2D eigenvalue weighted by Gasteiger charge is 2.12. The van der Waals surface area contributed by atoms with Gasteiger partial charge >= 0.3 is 0 Å². The molecule has 3 rings (SSSR count). The lowest BCUT2D eigenvalue weighted by molar-refractivity contribution is 0.102. The first-order valence-electron chi connectivity index (χ1n) is 8.19. The second kappa shape index (κ2) is 7.88. The molecule has 0 radical (unpaired) electrons. The Morgan fingerprint density at radius 3 is 2.59 bits per heavy atom. The van der Waals surface area contributed by atoms with Crippen LogP contribution in [0.3, 0.4) is 0 Å². The van der Waals surface area contributed by atoms with Gasteiger partial charge in [0.25, 0.3) is 11.5 Å². The van der Waals surface area contributed by atoms with E-state index in [2.05, 4.69) is 15.4 Å². The Kier molecular flexibility index (Phi) is 5.37. The van der Waals surface area contributed by atoms with Crippen molar-refractivity contribution in [1.29, 1.82) is 0 Å². The maximum absolute atomic E-state index is 13.1. The summed E-state index contributed by atoms with van der Waals surface area (Å²) in [4.78, 5) is 30.7. The molecule has 0 saturated carbocycles. The zero-order valence-electron chi connectivity index (χ0n) is 14.9. The van der Waals surface area contributed by atoms with Gasteiger partial charge in [-0.2, -0.15) is 9.78 Å². The van der Waals surface area contributed by atoms with Crippen LogP contribution in [-0.2, 0) is 6.54 Å². The van der Waals surface area contributed by atoms with Gasteiger partial charge in [-0.25, -0.2) is 4.39 Å². The minimum absolute atomic E-state index is 0.0527. The molecule has 0 aliphatic heterocycles. The SMILES string of the molecule is CN(C)Cc1cncc(NC(=O)c2ccc(=O)n(-c3ccc(F)cc3)n2)c1. The van der Waals surface area contributed by atoms with Crippen molar-refractivity contribution in [3.05, 3.63) is 82.3 Å². The van der Waals surface area contributed by atoms with Crippen LogP contribution in [0.4, 0.5) is 10.1 Å². The van der Waals surface area contributed by atoms with Gasteiger partial charge in [-0.15, -0.1) is 0 Å². The number of nitrogens with one attached hydrogen (secondary N) is 1. The number of anilines is 1. The highest BCUT2D eigenvalue weighted by atomic mass is 19.1. The highest BCUT2D eigenvalue weighted by molar-refractivity contribution is 6.02. The number of nitrogens with zero attached hydrogens (tertiary/aromatic N) is 4. The third-order valence-corrected chi connectivity index (χ3v) is 3.66. The molecule has 0 atom stereocenters. The van der Waals surface area contributed by atoms with Crippen molar-refractivity contribution in [2.24, 2.45) is 0 Å². The Labute approximate surface area is 155 Å². The number of carbonyl (C=O) groups excluding carboxylic acids is 1. The average Bonchev–Trinajstić information content (AvgIpc) is 2.62. The van der Waals surface area contributed by atoms with E-state index in [-0.39, 0.29) is 5.69 Å². The largest absolute Gasteiger partial charge is 0.319 e. The van der Waals surface area contributed by atoms with Gasteiger partial charge in [0.15, 0.2) is 0 Å². The van der Waals surface area contributed by atoms with E-state index in [1.54, 1.807) is 6.20 Å². The van der Waals surface area contributed by atoms with Gasteiger partial charge < -0.3 is 10.2 Å². The van der Waals surface area contributed by atoms with Gasteiger partial charge in [0.05, 0.1) is 17.6 Å². The summed E-state index contributed by atoms with van der Waals surface area (Å²) in [5, 5.41) is 6.80. The number of carbonyl (C=O) groups is 1. The molecular formula is C19H18FN5O2. The zero-order chi connectivity index (χ0) is 19.4. The topological polar surface area (TPSA) is 80.1 Å². The molecule has 27 heavy (non-hydrogen) atoms. The molecule has 0 fully saturated rings. The van der Waals surface area contributed by atoms with E-state index >= 15 is 0 Å². The Balaban J connectivity index is 1.84. The van der Waals surface area contributed by atoms with E-state index in [4.69, 9.17) is 0 Å². The Morgan fingerprint density at radius 2 is 1.89 bits per heavy atom. The molecule has 0 saturated heterocycles. The first-order valence-corrected chi connectivity index (χ1v) is 8.19. The van der Waals surface area contributed by atoms with Gasteiger partial charge in [-0.1, -0.05) is 0 Å². The fourth-order valence-corrected chi connectivity index (χ4v) is 2.50. The molecule has 8 heteroatoms. The summed E-state index contributed by atoms with van der Waals surface area (Å²) < 4.78 is 14.1. The van der Waals surface area contributed by atoms with Crippen LogP contribution in [0.2, 0.25) is 0 Å². The number of halogens is 1. The first kappa shape index (κ1) is 18.4. The van der Waals surface area contributed by atoms with E-state index in [1.807, 2.05) is 25.1 Å². The normalized spacial score (nSPS) is 10.8. The molecule has 1 amide bonds. The molecule has 0 aliphatic carbocycles. The lowest BCUT2D eigenvalue weighted by Gasteiger charge is -2.11. The van der Waals surface area contributed by atoms with Crippen LogP contribution in [-0.4, -0.2) is 39.7 Å². The van der Waals surface area contributed by atoms with Crippen molar-refractivity contribution in [3.8, 4) is 5.69 Å². The van der Waals surface area contributed by atoms with Gasteiger partial charge in [0, 0.05) is 18.8 Å². The van der Waals surface area contributed by atoms with E-state index < -0.39 is 17.3 Å². The minimum atomic E-state index is -0.477. The maximum Gasteiger partial charge on any atom is 0.276 e. The number of pyridine rings is 1. The van der Waals surface area contributed by atoms with Crippen LogP contribution in [0.15, 0.2) is 59.7 Å². The molecule has 0 aliphatic rings. The molecule has 0 unspecified atom stereocenters. The van der Waals surface area contributed by atoms with Crippen LogP contribution < -0.4 is 10.9 Å². The molecule has 1 N–H and O–H groups in total. The molecule has 1 aromatic carbocycles. The number of hydrogen-bond donors (Lipinski definition) is 1. The quantitative estimate of drug-likeness (QED) is 0.747. The van der Waals surface area contributed by atoms with Crippen LogP contribution in [0.1, 0.15) is 16.1 Å². The van der Waals surface area contributed by atoms with Gasteiger partial charge in [0.2, 0.25) is 0 Å². The average molecular weight is 367 g/mol. The third kappa shape index (κ3) is 4.62. The van der Waals surface area contributed by atoms with Crippen molar-refractivity contribution in [3.63, 3.8) is 0 Å². The number of benzene rings is 1. The van der Waals surface area contributed by atoms with Gasteiger partial charge in [0.1, 0.15) is 11.5 Å². The summed E-state index contributed by atoms with van der Waals surface area (Å²) in [6.45, 7) is 0.685. The van der Waals surface area contributed by atoms with Gasteiger partial charge in [-0.05, 0) is 56.1 Å².